The number of benzene rings is 2. The molecule has 0 heterocycles. The van der Waals surface area contributed by atoms with Crippen molar-refractivity contribution in [2.45, 2.75) is 0 Å². The number of halogens is 2. The van der Waals surface area contributed by atoms with E-state index in [4.69, 9.17) is 28.3 Å². The van der Waals surface area contributed by atoms with Crippen molar-refractivity contribution in [3.8, 4) is 0 Å². The predicted octanol–water partition coefficient (Wildman–Crippen LogP) is 4.34. The van der Waals surface area contributed by atoms with Crippen LogP contribution >= 0.6 is 23.2 Å². The van der Waals surface area contributed by atoms with Gasteiger partial charge in [0.15, 0.2) is 0 Å². The molecular weight excluding hydrogens is 319 g/mol. The van der Waals surface area contributed by atoms with Gasteiger partial charge in [0.2, 0.25) is 0 Å². The maximum Gasteiger partial charge on any atom is 0.342 e. The minimum absolute atomic E-state index is 0.330. The first-order valence-corrected chi connectivity index (χ1v) is 6.38. The minimum Gasteiger partial charge on any atom is -0.477 e. The molecule has 6 nitrogen and oxygen atoms in total. The number of nitro benzene ring substituents is 1. The van der Waals surface area contributed by atoms with Gasteiger partial charge in [-0.25, -0.2) is 4.79 Å². The van der Waals surface area contributed by atoms with Crippen LogP contribution in [0.1, 0.15) is 10.4 Å². The summed E-state index contributed by atoms with van der Waals surface area (Å²) in [6.07, 6.45) is 0. The lowest BCUT2D eigenvalue weighted by Crippen LogP contribution is -2.03. The van der Waals surface area contributed by atoms with Gasteiger partial charge in [0.25, 0.3) is 5.69 Å². The Balaban J connectivity index is 2.41. The highest BCUT2D eigenvalue weighted by Crippen LogP contribution is 2.30. The molecule has 2 aromatic rings. The molecule has 8 heteroatoms. The fourth-order valence-corrected chi connectivity index (χ4v) is 2.03. The van der Waals surface area contributed by atoms with Crippen LogP contribution in [0, 0.1) is 10.1 Å². The van der Waals surface area contributed by atoms with E-state index in [1.54, 1.807) is 18.2 Å². The Bertz CT molecular complexity index is 734. The monoisotopic (exact) mass is 326 g/mol. The molecule has 0 aliphatic heterocycles. The number of anilines is 2. The number of carboxylic acid groups (broad SMARTS) is 1. The fourth-order valence-electron chi connectivity index (χ4n) is 1.69. The highest BCUT2D eigenvalue weighted by Gasteiger charge is 2.20. The molecule has 0 saturated heterocycles. The van der Waals surface area contributed by atoms with Crippen molar-refractivity contribution < 1.29 is 14.8 Å². The smallest absolute Gasteiger partial charge is 0.342 e. The van der Waals surface area contributed by atoms with Crippen molar-refractivity contribution in [1.82, 2.24) is 0 Å². The summed E-state index contributed by atoms with van der Waals surface area (Å²) in [6.45, 7) is 0. The summed E-state index contributed by atoms with van der Waals surface area (Å²) in [5, 5.41) is 23.5. The lowest BCUT2D eigenvalue weighted by atomic mass is 10.1. The van der Waals surface area contributed by atoms with Gasteiger partial charge in [-0.2, -0.15) is 0 Å². The normalized spacial score (nSPS) is 10.2. The van der Waals surface area contributed by atoms with Gasteiger partial charge >= 0.3 is 5.97 Å². The Morgan fingerprint density at radius 1 is 1.19 bits per heavy atom. The Labute approximate surface area is 129 Å². The quantitative estimate of drug-likeness (QED) is 0.643. The molecule has 0 aromatic heterocycles. The van der Waals surface area contributed by atoms with Crippen LogP contribution < -0.4 is 5.32 Å². The lowest BCUT2D eigenvalue weighted by molar-refractivity contribution is -0.385. The summed E-state index contributed by atoms with van der Waals surface area (Å²) >= 11 is 11.8. The molecule has 2 rings (SSSR count). The molecule has 0 radical (unpaired) electrons. The third kappa shape index (κ3) is 3.42. The first-order valence-electron chi connectivity index (χ1n) is 5.62. The summed E-state index contributed by atoms with van der Waals surface area (Å²) < 4.78 is 0. The van der Waals surface area contributed by atoms with Gasteiger partial charge in [-0.05, 0) is 30.3 Å². The Morgan fingerprint density at radius 3 is 2.52 bits per heavy atom. The van der Waals surface area contributed by atoms with Crippen molar-refractivity contribution in [3.63, 3.8) is 0 Å². The van der Waals surface area contributed by atoms with E-state index < -0.39 is 16.6 Å². The summed E-state index contributed by atoms with van der Waals surface area (Å²) in [4.78, 5) is 21.1. The van der Waals surface area contributed by atoms with Crippen LogP contribution in [-0.2, 0) is 0 Å². The Morgan fingerprint density at radius 2 is 1.90 bits per heavy atom. The van der Waals surface area contributed by atoms with Crippen molar-refractivity contribution in [2.75, 3.05) is 5.32 Å². The zero-order valence-electron chi connectivity index (χ0n) is 10.3. The average Bonchev–Trinajstić information content (AvgIpc) is 2.42. The van der Waals surface area contributed by atoms with Crippen molar-refractivity contribution in [2.24, 2.45) is 0 Å². The average molecular weight is 327 g/mol. The van der Waals surface area contributed by atoms with Gasteiger partial charge < -0.3 is 10.4 Å². The van der Waals surface area contributed by atoms with Crippen LogP contribution in [0.5, 0.6) is 0 Å². The molecular formula is C13H8Cl2N2O4. The molecule has 0 aliphatic rings. The van der Waals surface area contributed by atoms with E-state index in [-0.39, 0.29) is 5.56 Å². The molecule has 21 heavy (non-hydrogen) atoms. The van der Waals surface area contributed by atoms with Gasteiger partial charge in [-0.1, -0.05) is 23.2 Å². The molecule has 0 atom stereocenters. The van der Waals surface area contributed by atoms with E-state index in [0.29, 0.717) is 21.4 Å². The molecule has 0 fully saturated rings. The van der Waals surface area contributed by atoms with Crippen molar-refractivity contribution in [3.05, 3.63) is 62.1 Å². The molecule has 0 bridgehead atoms. The van der Waals surface area contributed by atoms with Crippen LogP contribution in [0.3, 0.4) is 0 Å². The molecule has 0 unspecified atom stereocenters. The third-order valence-electron chi connectivity index (χ3n) is 2.63. The Hall–Kier alpha value is -2.31. The molecule has 0 saturated carbocycles. The highest BCUT2D eigenvalue weighted by molar-refractivity contribution is 6.35. The summed E-state index contributed by atoms with van der Waals surface area (Å²) in [7, 11) is 0. The first kappa shape index (κ1) is 15.1. The summed E-state index contributed by atoms with van der Waals surface area (Å²) in [5.41, 5.74) is -0.106. The molecule has 0 amide bonds. The largest absolute Gasteiger partial charge is 0.477 e. The van der Waals surface area contributed by atoms with Gasteiger partial charge in [0.05, 0.1) is 15.6 Å². The first-order chi connectivity index (χ1) is 9.88. The maximum atomic E-state index is 10.9. The zero-order valence-corrected chi connectivity index (χ0v) is 11.9. The number of hydrogen-bond acceptors (Lipinski definition) is 4. The second-order valence-corrected chi connectivity index (χ2v) is 4.89. The van der Waals surface area contributed by atoms with Gasteiger partial charge in [0.1, 0.15) is 5.56 Å². The van der Waals surface area contributed by atoms with Gasteiger partial charge in [0, 0.05) is 16.8 Å². The number of nitro groups is 1. The van der Waals surface area contributed by atoms with Crippen LogP contribution in [0.4, 0.5) is 17.1 Å². The number of nitrogens with one attached hydrogen (secondary N) is 1. The van der Waals surface area contributed by atoms with E-state index in [1.165, 1.54) is 6.07 Å². The SMILES string of the molecule is O=C(O)c1ccc(Nc2cc(Cl)ccc2Cl)cc1[N+](=O)[O-]. The van der Waals surface area contributed by atoms with E-state index in [0.717, 1.165) is 12.1 Å². The van der Waals surface area contributed by atoms with Gasteiger partial charge in [-0.3, -0.25) is 10.1 Å². The predicted molar refractivity (Wildman–Crippen MR) is 79.8 cm³/mol. The number of aromatic carboxylic acids is 1. The lowest BCUT2D eigenvalue weighted by Gasteiger charge is -2.09. The fraction of sp³-hybridized carbons (Fsp3) is 0. The van der Waals surface area contributed by atoms with Crippen LogP contribution in [0.2, 0.25) is 10.0 Å². The molecule has 108 valence electrons. The summed E-state index contributed by atoms with van der Waals surface area (Å²) in [5.74, 6) is -1.37. The minimum atomic E-state index is -1.37. The molecule has 2 N–H and O–H groups in total. The summed E-state index contributed by atoms with van der Waals surface area (Å²) in [6, 6.07) is 8.42. The second-order valence-electron chi connectivity index (χ2n) is 4.04. The number of rotatable bonds is 4. The molecule has 0 spiro atoms. The second kappa shape index (κ2) is 5.99. The van der Waals surface area contributed by atoms with E-state index >= 15 is 0 Å². The van der Waals surface area contributed by atoms with Crippen molar-refractivity contribution >= 4 is 46.2 Å². The number of carbonyl (C=O) groups is 1. The van der Waals surface area contributed by atoms with E-state index in [2.05, 4.69) is 5.32 Å². The van der Waals surface area contributed by atoms with E-state index in [9.17, 15) is 14.9 Å². The third-order valence-corrected chi connectivity index (χ3v) is 3.20. The molecule has 0 aliphatic carbocycles. The Kier molecular flexibility index (Phi) is 4.30. The number of hydrogen-bond donors (Lipinski definition) is 2. The van der Waals surface area contributed by atoms with Crippen LogP contribution in [0.15, 0.2) is 36.4 Å². The van der Waals surface area contributed by atoms with E-state index in [1.807, 2.05) is 0 Å². The maximum absolute atomic E-state index is 10.9. The van der Waals surface area contributed by atoms with Crippen LogP contribution in [-0.4, -0.2) is 16.0 Å². The number of carboxylic acids is 1. The topological polar surface area (TPSA) is 92.5 Å². The van der Waals surface area contributed by atoms with Crippen LogP contribution in [0.25, 0.3) is 0 Å². The zero-order chi connectivity index (χ0) is 15.6. The number of nitrogens with zero attached hydrogens (tertiary/aromatic N) is 1. The highest BCUT2D eigenvalue weighted by atomic mass is 35.5. The standard InChI is InChI=1S/C13H8Cl2N2O4/c14-7-1-4-10(15)11(5-7)16-8-2-3-9(13(18)19)12(6-8)17(20)21/h1-6,16H,(H,18,19). The van der Waals surface area contributed by atoms with Gasteiger partial charge in [-0.15, -0.1) is 0 Å². The van der Waals surface area contributed by atoms with Crippen molar-refractivity contribution in [1.29, 1.82) is 0 Å². The molecule has 2 aromatic carbocycles.